The summed E-state index contributed by atoms with van der Waals surface area (Å²) in [6, 6.07) is 17.8. The number of halogens is 3. The highest BCUT2D eigenvalue weighted by molar-refractivity contribution is 6.36. The molecular formula is C23H17Cl3N2O4. The van der Waals surface area contributed by atoms with Gasteiger partial charge in [0.05, 0.1) is 16.8 Å². The number of rotatable bonds is 7. The molecule has 0 saturated carbocycles. The number of amides is 1. The number of ether oxygens (including phenoxy) is 2. The van der Waals surface area contributed by atoms with Crippen LogP contribution in [0.5, 0.6) is 11.5 Å². The van der Waals surface area contributed by atoms with Crippen LogP contribution in [0.1, 0.15) is 22.8 Å². The van der Waals surface area contributed by atoms with Crippen LogP contribution >= 0.6 is 34.8 Å². The highest BCUT2D eigenvalue weighted by atomic mass is 35.5. The van der Waals surface area contributed by atoms with Crippen LogP contribution in [0, 0.1) is 0 Å². The molecule has 0 heterocycles. The molecule has 6 nitrogen and oxygen atoms in total. The molecule has 164 valence electrons. The van der Waals surface area contributed by atoms with Crippen LogP contribution in [0.15, 0.2) is 71.8 Å². The topological polar surface area (TPSA) is 77.0 Å². The molecule has 0 aliphatic rings. The second-order valence-electron chi connectivity index (χ2n) is 6.53. The van der Waals surface area contributed by atoms with Gasteiger partial charge in [-0.1, -0.05) is 40.9 Å². The standard InChI is InChI=1S/C23H17Cl3N2O4/c1-14(31-19-4-2-3-16(24)11-19)22(29)28-27-13-15-5-8-18(9-6-15)32-23(30)20-10-7-17(25)12-21(20)26/h2-14H,1H3,(H,28,29). The Kier molecular flexibility index (Phi) is 8.11. The fraction of sp³-hybridized carbons (Fsp3) is 0.0870. The summed E-state index contributed by atoms with van der Waals surface area (Å²) in [5, 5.41) is 5.05. The molecule has 0 radical (unpaired) electrons. The van der Waals surface area contributed by atoms with Gasteiger partial charge in [-0.15, -0.1) is 0 Å². The van der Waals surface area contributed by atoms with Crippen molar-refractivity contribution in [2.75, 3.05) is 0 Å². The summed E-state index contributed by atoms with van der Waals surface area (Å²) < 4.78 is 10.8. The normalized spacial score (nSPS) is 11.8. The minimum Gasteiger partial charge on any atom is -0.481 e. The molecule has 9 heteroatoms. The van der Waals surface area contributed by atoms with Crippen LogP contribution in [0.3, 0.4) is 0 Å². The lowest BCUT2D eigenvalue weighted by molar-refractivity contribution is -0.127. The van der Waals surface area contributed by atoms with Gasteiger partial charge in [-0.25, -0.2) is 10.2 Å². The Morgan fingerprint density at radius 2 is 1.66 bits per heavy atom. The molecule has 1 atom stereocenters. The van der Waals surface area contributed by atoms with Crippen LogP contribution in [-0.2, 0) is 4.79 Å². The van der Waals surface area contributed by atoms with Gasteiger partial charge in [0, 0.05) is 10.0 Å². The number of nitrogens with one attached hydrogen (secondary N) is 1. The number of carbonyl (C=O) groups excluding carboxylic acids is 2. The number of esters is 1. The maximum atomic E-state index is 12.2. The average molecular weight is 492 g/mol. The molecule has 0 aliphatic heterocycles. The lowest BCUT2D eigenvalue weighted by Crippen LogP contribution is -2.33. The molecule has 1 unspecified atom stereocenters. The Labute approximate surface area is 199 Å². The van der Waals surface area contributed by atoms with E-state index in [2.05, 4.69) is 10.5 Å². The smallest absolute Gasteiger partial charge is 0.345 e. The third-order valence-electron chi connectivity index (χ3n) is 4.11. The predicted molar refractivity (Wildman–Crippen MR) is 125 cm³/mol. The van der Waals surface area contributed by atoms with Gasteiger partial charge in [0.15, 0.2) is 6.10 Å². The van der Waals surface area contributed by atoms with Crippen molar-refractivity contribution in [3.05, 3.63) is 92.9 Å². The lowest BCUT2D eigenvalue weighted by Gasteiger charge is -2.12. The van der Waals surface area contributed by atoms with Crippen molar-refractivity contribution in [1.29, 1.82) is 0 Å². The van der Waals surface area contributed by atoms with Gasteiger partial charge in [0.1, 0.15) is 11.5 Å². The Hall–Kier alpha value is -3.06. The van der Waals surface area contributed by atoms with Crippen molar-refractivity contribution < 1.29 is 19.1 Å². The Bertz CT molecular complexity index is 1150. The van der Waals surface area contributed by atoms with Gasteiger partial charge < -0.3 is 9.47 Å². The summed E-state index contributed by atoms with van der Waals surface area (Å²) in [6.45, 7) is 1.60. The molecule has 0 fully saturated rings. The first-order valence-corrected chi connectivity index (χ1v) is 10.5. The van der Waals surface area contributed by atoms with Crippen LogP contribution in [-0.4, -0.2) is 24.2 Å². The number of nitrogens with zero attached hydrogens (tertiary/aromatic N) is 1. The highest BCUT2D eigenvalue weighted by Gasteiger charge is 2.14. The molecule has 32 heavy (non-hydrogen) atoms. The summed E-state index contributed by atoms with van der Waals surface area (Å²) in [4.78, 5) is 24.4. The number of hydrogen-bond donors (Lipinski definition) is 1. The van der Waals surface area contributed by atoms with E-state index < -0.39 is 18.0 Å². The van der Waals surface area contributed by atoms with Crippen molar-refractivity contribution in [2.45, 2.75) is 13.0 Å². The molecule has 3 aromatic carbocycles. The lowest BCUT2D eigenvalue weighted by atomic mass is 10.2. The van der Waals surface area contributed by atoms with Gasteiger partial charge in [0.25, 0.3) is 5.91 Å². The van der Waals surface area contributed by atoms with E-state index in [0.717, 1.165) is 0 Å². The molecule has 0 bridgehead atoms. The molecular weight excluding hydrogens is 475 g/mol. The average Bonchev–Trinajstić information content (AvgIpc) is 2.74. The van der Waals surface area contributed by atoms with Gasteiger partial charge in [-0.2, -0.15) is 5.10 Å². The van der Waals surface area contributed by atoms with E-state index in [1.54, 1.807) is 61.5 Å². The van der Waals surface area contributed by atoms with E-state index in [0.29, 0.717) is 27.1 Å². The predicted octanol–water partition coefficient (Wildman–Crippen LogP) is 5.78. The molecule has 0 spiro atoms. The fourth-order valence-corrected chi connectivity index (χ4v) is 3.16. The monoisotopic (exact) mass is 490 g/mol. The second kappa shape index (κ2) is 11.0. The number of hydrogen-bond acceptors (Lipinski definition) is 5. The van der Waals surface area contributed by atoms with Gasteiger partial charge in [-0.3, -0.25) is 4.79 Å². The summed E-state index contributed by atoms with van der Waals surface area (Å²) in [5.74, 6) is -0.222. The molecule has 3 aromatic rings. The summed E-state index contributed by atoms with van der Waals surface area (Å²) >= 11 is 17.8. The van der Waals surface area contributed by atoms with Crippen molar-refractivity contribution in [3.8, 4) is 11.5 Å². The number of benzene rings is 3. The van der Waals surface area contributed by atoms with E-state index in [1.165, 1.54) is 18.3 Å². The van der Waals surface area contributed by atoms with Crippen molar-refractivity contribution in [2.24, 2.45) is 5.10 Å². The van der Waals surface area contributed by atoms with Crippen LogP contribution in [0.25, 0.3) is 0 Å². The van der Waals surface area contributed by atoms with Crippen molar-refractivity contribution in [1.82, 2.24) is 5.43 Å². The highest BCUT2D eigenvalue weighted by Crippen LogP contribution is 2.23. The Balaban J connectivity index is 1.52. The largest absolute Gasteiger partial charge is 0.481 e. The number of carbonyl (C=O) groups is 2. The maximum Gasteiger partial charge on any atom is 0.345 e. The molecule has 0 aliphatic carbocycles. The molecule has 1 amide bonds. The van der Waals surface area contributed by atoms with Gasteiger partial charge >= 0.3 is 5.97 Å². The van der Waals surface area contributed by atoms with Gasteiger partial charge in [0.2, 0.25) is 0 Å². The molecule has 0 aromatic heterocycles. The first-order chi connectivity index (χ1) is 15.3. The summed E-state index contributed by atoms with van der Waals surface area (Å²) in [5.41, 5.74) is 3.29. The zero-order chi connectivity index (χ0) is 23.1. The Morgan fingerprint density at radius 3 is 2.34 bits per heavy atom. The second-order valence-corrected chi connectivity index (χ2v) is 7.81. The van der Waals surface area contributed by atoms with E-state index in [1.807, 2.05) is 0 Å². The SMILES string of the molecule is CC(Oc1cccc(Cl)c1)C(=O)NN=Cc1ccc(OC(=O)c2ccc(Cl)cc2Cl)cc1. The zero-order valence-corrected chi connectivity index (χ0v) is 19.0. The van der Waals surface area contributed by atoms with Gasteiger partial charge in [-0.05, 0) is 73.2 Å². The van der Waals surface area contributed by atoms with E-state index in [4.69, 9.17) is 44.3 Å². The van der Waals surface area contributed by atoms with Crippen molar-refractivity contribution in [3.63, 3.8) is 0 Å². The van der Waals surface area contributed by atoms with E-state index >= 15 is 0 Å². The molecule has 3 rings (SSSR count). The maximum absolute atomic E-state index is 12.2. The zero-order valence-electron chi connectivity index (χ0n) is 16.7. The van der Waals surface area contributed by atoms with Crippen molar-refractivity contribution >= 4 is 52.9 Å². The van der Waals surface area contributed by atoms with E-state index in [-0.39, 0.29) is 10.6 Å². The minimum absolute atomic E-state index is 0.204. The van der Waals surface area contributed by atoms with Crippen LogP contribution in [0.4, 0.5) is 0 Å². The Morgan fingerprint density at radius 1 is 0.938 bits per heavy atom. The first kappa shape index (κ1) is 23.6. The third kappa shape index (κ3) is 6.72. The summed E-state index contributed by atoms with van der Waals surface area (Å²) in [7, 11) is 0. The minimum atomic E-state index is -0.771. The third-order valence-corrected chi connectivity index (χ3v) is 4.89. The van der Waals surface area contributed by atoms with Crippen LogP contribution < -0.4 is 14.9 Å². The molecule has 0 saturated heterocycles. The van der Waals surface area contributed by atoms with E-state index in [9.17, 15) is 9.59 Å². The fourth-order valence-electron chi connectivity index (χ4n) is 2.50. The molecule has 1 N–H and O–H groups in total. The number of hydrazone groups is 1. The first-order valence-electron chi connectivity index (χ1n) is 9.34. The quantitative estimate of drug-likeness (QED) is 0.197. The summed E-state index contributed by atoms with van der Waals surface area (Å²) in [6.07, 6.45) is 0.679. The van der Waals surface area contributed by atoms with Crippen LogP contribution in [0.2, 0.25) is 15.1 Å².